The molecule has 1 unspecified atom stereocenters. The molecule has 8 heteroatoms. The van der Waals surface area contributed by atoms with E-state index in [0.717, 1.165) is 13.0 Å². The summed E-state index contributed by atoms with van der Waals surface area (Å²) in [4.78, 5) is 14.6. The minimum Gasteiger partial charge on any atom is -0.481 e. The van der Waals surface area contributed by atoms with Crippen molar-refractivity contribution in [2.24, 2.45) is 7.05 Å². The summed E-state index contributed by atoms with van der Waals surface area (Å²) in [5, 5.41) is 9.74. The fourth-order valence-electron chi connectivity index (χ4n) is 3.52. The Bertz CT molecular complexity index is 1060. The summed E-state index contributed by atoms with van der Waals surface area (Å²) in [7, 11) is 1.88. The van der Waals surface area contributed by atoms with Crippen LogP contribution in [0.15, 0.2) is 53.7 Å². The second-order valence-corrected chi connectivity index (χ2v) is 8.56. The zero-order valence-electron chi connectivity index (χ0n) is 16.9. The van der Waals surface area contributed by atoms with Gasteiger partial charge in [-0.15, -0.1) is 10.2 Å². The molecule has 1 amide bonds. The van der Waals surface area contributed by atoms with Crippen molar-refractivity contribution in [2.45, 2.75) is 31.1 Å². The lowest BCUT2D eigenvalue weighted by molar-refractivity contribution is -0.129. The summed E-state index contributed by atoms with van der Waals surface area (Å²) in [6.45, 7) is 3.32. The molecule has 1 atom stereocenters. The predicted molar refractivity (Wildman–Crippen MR) is 118 cm³/mol. The summed E-state index contributed by atoms with van der Waals surface area (Å²) >= 11 is 7.57. The number of amides is 1. The molecule has 1 aromatic heterocycles. The molecular weight excluding hydrogens is 420 g/mol. The van der Waals surface area contributed by atoms with Gasteiger partial charge in [0.15, 0.2) is 17.1 Å². The molecule has 0 saturated heterocycles. The van der Waals surface area contributed by atoms with E-state index in [1.165, 1.54) is 22.9 Å². The number of benzene rings is 2. The molecule has 156 valence electrons. The van der Waals surface area contributed by atoms with E-state index in [1.807, 2.05) is 53.8 Å². The van der Waals surface area contributed by atoms with E-state index in [4.69, 9.17) is 16.3 Å². The van der Waals surface area contributed by atoms with Gasteiger partial charge in [0.05, 0.1) is 10.8 Å². The SMILES string of the molecule is CC(Oc1ccccc1Cl)c1nnc(SCC(=O)N2CCc3ccccc3C2)n1C. The first-order valence-electron chi connectivity index (χ1n) is 9.80. The highest BCUT2D eigenvalue weighted by Gasteiger charge is 2.22. The fourth-order valence-corrected chi connectivity index (χ4v) is 4.52. The molecular formula is C22H23ClN4O2S. The average molecular weight is 443 g/mol. The van der Waals surface area contributed by atoms with Crippen molar-refractivity contribution in [3.63, 3.8) is 0 Å². The number of carbonyl (C=O) groups is 1. The number of aromatic nitrogens is 3. The minimum absolute atomic E-state index is 0.111. The van der Waals surface area contributed by atoms with Crippen LogP contribution in [0, 0.1) is 0 Å². The molecule has 2 aromatic carbocycles. The number of ether oxygens (including phenoxy) is 1. The first-order chi connectivity index (χ1) is 14.5. The molecule has 0 spiro atoms. The van der Waals surface area contributed by atoms with Crippen LogP contribution in [-0.4, -0.2) is 37.9 Å². The molecule has 1 aliphatic rings. The van der Waals surface area contributed by atoms with Gasteiger partial charge < -0.3 is 14.2 Å². The van der Waals surface area contributed by atoms with Crippen molar-refractivity contribution in [3.8, 4) is 5.75 Å². The van der Waals surface area contributed by atoms with Crippen molar-refractivity contribution in [1.82, 2.24) is 19.7 Å². The molecule has 6 nitrogen and oxygen atoms in total. The molecule has 2 heterocycles. The van der Waals surface area contributed by atoms with Crippen LogP contribution in [0.5, 0.6) is 5.75 Å². The first kappa shape index (κ1) is 20.8. The minimum atomic E-state index is -0.328. The predicted octanol–water partition coefficient (Wildman–Crippen LogP) is 4.29. The molecule has 0 aliphatic carbocycles. The first-order valence-corrected chi connectivity index (χ1v) is 11.2. The van der Waals surface area contributed by atoms with Gasteiger partial charge in [-0.05, 0) is 36.6 Å². The Morgan fingerprint density at radius 3 is 2.70 bits per heavy atom. The fraction of sp³-hybridized carbons (Fsp3) is 0.318. The number of para-hydroxylation sites is 1. The number of thioether (sulfide) groups is 1. The Morgan fingerprint density at radius 1 is 1.17 bits per heavy atom. The van der Waals surface area contributed by atoms with Gasteiger partial charge >= 0.3 is 0 Å². The van der Waals surface area contributed by atoms with Gasteiger partial charge in [-0.1, -0.05) is 59.8 Å². The third-order valence-electron chi connectivity index (χ3n) is 5.18. The van der Waals surface area contributed by atoms with Crippen LogP contribution in [0.3, 0.4) is 0 Å². The summed E-state index contributed by atoms with van der Waals surface area (Å²) in [6, 6.07) is 15.6. The zero-order chi connectivity index (χ0) is 21.1. The van der Waals surface area contributed by atoms with Crippen molar-refractivity contribution in [2.75, 3.05) is 12.3 Å². The smallest absolute Gasteiger partial charge is 0.233 e. The molecule has 0 saturated carbocycles. The Kier molecular flexibility index (Phi) is 6.29. The van der Waals surface area contributed by atoms with Gasteiger partial charge in [0, 0.05) is 20.1 Å². The van der Waals surface area contributed by atoms with E-state index in [-0.39, 0.29) is 12.0 Å². The standard InChI is InChI=1S/C22H23ClN4O2S/c1-15(29-19-10-6-5-9-18(19)23)21-24-25-22(26(21)2)30-14-20(28)27-12-11-16-7-3-4-8-17(16)13-27/h3-10,15H,11-14H2,1-2H3. The lowest BCUT2D eigenvalue weighted by atomic mass is 10.00. The summed E-state index contributed by atoms with van der Waals surface area (Å²) in [5.41, 5.74) is 2.56. The number of hydrogen-bond acceptors (Lipinski definition) is 5. The number of rotatable bonds is 6. The van der Waals surface area contributed by atoms with E-state index in [1.54, 1.807) is 6.07 Å². The molecule has 0 radical (unpaired) electrons. The second kappa shape index (κ2) is 9.10. The molecule has 0 N–H and O–H groups in total. The van der Waals surface area contributed by atoms with Crippen molar-refractivity contribution in [3.05, 3.63) is 70.5 Å². The van der Waals surface area contributed by atoms with Gasteiger partial charge in [-0.3, -0.25) is 4.79 Å². The van der Waals surface area contributed by atoms with Crippen LogP contribution in [0.4, 0.5) is 0 Å². The number of halogens is 1. The molecule has 0 fully saturated rings. The lowest BCUT2D eigenvalue weighted by Gasteiger charge is -2.28. The van der Waals surface area contributed by atoms with Crippen LogP contribution >= 0.6 is 23.4 Å². The Balaban J connectivity index is 1.36. The monoisotopic (exact) mass is 442 g/mol. The van der Waals surface area contributed by atoms with Crippen molar-refractivity contribution in [1.29, 1.82) is 0 Å². The Morgan fingerprint density at radius 2 is 1.90 bits per heavy atom. The molecule has 3 aromatic rings. The van der Waals surface area contributed by atoms with Crippen LogP contribution in [0.1, 0.15) is 30.0 Å². The lowest BCUT2D eigenvalue weighted by Crippen LogP contribution is -2.37. The molecule has 4 rings (SSSR count). The zero-order valence-corrected chi connectivity index (χ0v) is 18.5. The summed E-state index contributed by atoms with van der Waals surface area (Å²) in [6.07, 6.45) is 0.573. The topological polar surface area (TPSA) is 60.3 Å². The van der Waals surface area contributed by atoms with Gasteiger partial charge in [0.25, 0.3) is 0 Å². The number of nitrogens with zero attached hydrogens (tertiary/aromatic N) is 4. The summed E-state index contributed by atoms with van der Waals surface area (Å²) < 4.78 is 7.81. The van der Waals surface area contributed by atoms with Crippen molar-refractivity contribution < 1.29 is 9.53 Å². The van der Waals surface area contributed by atoms with Crippen molar-refractivity contribution >= 4 is 29.3 Å². The quantitative estimate of drug-likeness (QED) is 0.533. The number of carbonyl (C=O) groups excluding carboxylic acids is 1. The molecule has 0 bridgehead atoms. The number of hydrogen-bond donors (Lipinski definition) is 0. The highest BCUT2D eigenvalue weighted by atomic mass is 35.5. The van der Waals surface area contributed by atoms with Gasteiger partial charge in [0.2, 0.25) is 5.91 Å². The van der Waals surface area contributed by atoms with E-state index in [2.05, 4.69) is 22.3 Å². The normalized spacial score (nSPS) is 14.3. The maximum Gasteiger partial charge on any atom is 0.233 e. The third kappa shape index (κ3) is 4.47. The van der Waals surface area contributed by atoms with Crippen LogP contribution in [0.2, 0.25) is 5.02 Å². The van der Waals surface area contributed by atoms with Crippen LogP contribution in [0.25, 0.3) is 0 Å². The Labute approximate surface area is 185 Å². The summed E-state index contributed by atoms with van der Waals surface area (Å²) in [5.74, 6) is 1.72. The third-order valence-corrected chi connectivity index (χ3v) is 6.50. The largest absolute Gasteiger partial charge is 0.481 e. The highest BCUT2D eigenvalue weighted by Crippen LogP contribution is 2.29. The maximum atomic E-state index is 12.7. The van der Waals surface area contributed by atoms with E-state index in [9.17, 15) is 4.79 Å². The van der Waals surface area contributed by atoms with Crippen LogP contribution in [-0.2, 0) is 24.8 Å². The van der Waals surface area contributed by atoms with Gasteiger partial charge in [0.1, 0.15) is 5.75 Å². The highest BCUT2D eigenvalue weighted by molar-refractivity contribution is 7.99. The van der Waals surface area contributed by atoms with Gasteiger partial charge in [-0.2, -0.15) is 0 Å². The molecule has 1 aliphatic heterocycles. The van der Waals surface area contributed by atoms with Gasteiger partial charge in [-0.25, -0.2) is 0 Å². The molecule has 30 heavy (non-hydrogen) atoms. The van der Waals surface area contributed by atoms with E-state index >= 15 is 0 Å². The maximum absolute atomic E-state index is 12.7. The number of fused-ring (bicyclic) bond motifs is 1. The van der Waals surface area contributed by atoms with E-state index in [0.29, 0.717) is 34.1 Å². The average Bonchev–Trinajstić information content (AvgIpc) is 3.13. The van der Waals surface area contributed by atoms with E-state index < -0.39 is 0 Å². The van der Waals surface area contributed by atoms with Crippen LogP contribution < -0.4 is 4.74 Å². The second-order valence-electron chi connectivity index (χ2n) is 7.21. The Hall–Kier alpha value is -2.51.